The van der Waals surface area contributed by atoms with Crippen molar-refractivity contribution in [2.75, 3.05) is 30.7 Å². The van der Waals surface area contributed by atoms with Crippen LogP contribution in [0.25, 0.3) is 0 Å². The van der Waals surface area contributed by atoms with Crippen LogP contribution in [0, 0.1) is 18.8 Å². The summed E-state index contributed by atoms with van der Waals surface area (Å²) >= 11 is 10.1. The molecule has 16 heteroatoms. The zero-order valence-electron chi connectivity index (χ0n) is 30.3. The summed E-state index contributed by atoms with van der Waals surface area (Å²) in [6.07, 6.45) is 1.95. The van der Waals surface area contributed by atoms with E-state index in [0.29, 0.717) is 17.1 Å². The number of fused-ring (bicyclic) bond motifs is 6. The van der Waals surface area contributed by atoms with Crippen LogP contribution in [0.1, 0.15) is 51.7 Å². The third-order valence-corrected chi connectivity index (χ3v) is 14.4. The van der Waals surface area contributed by atoms with Gasteiger partial charge in [-0.25, -0.2) is 14.4 Å². The van der Waals surface area contributed by atoms with Crippen molar-refractivity contribution in [2.45, 2.75) is 100 Å². The zero-order chi connectivity index (χ0) is 37.9. The lowest BCUT2D eigenvalue weighted by Crippen LogP contribution is -2.62. The number of esters is 1. The molecule has 6 rings (SSSR count). The molecule has 3 N–H and O–H groups in total. The summed E-state index contributed by atoms with van der Waals surface area (Å²) in [6, 6.07) is 2.55. The minimum absolute atomic E-state index is 0.0666. The Labute approximate surface area is 317 Å². The van der Waals surface area contributed by atoms with Crippen molar-refractivity contribution in [3.05, 3.63) is 52.1 Å². The average molecular weight is 779 g/mol. The number of hydrogen-bond donors (Lipinski definition) is 3. The highest BCUT2D eigenvalue weighted by Gasteiger charge is 2.64. The molecular formula is C36H47ClN4O9S2. The van der Waals surface area contributed by atoms with Gasteiger partial charge in [0, 0.05) is 37.4 Å². The third kappa shape index (κ3) is 7.41. The molecule has 5 heterocycles. The van der Waals surface area contributed by atoms with Gasteiger partial charge in [-0.05, 0) is 51.3 Å². The molecule has 52 heavy (non-hydrogen) atoms. The second-order valence-corrected chi connectivity index (χ2v) is 17.6. The molecule has 10 atom stereocenters. The van der Waals surface area contributed by atoms with E-state index in [2.05, 4.69) is 5.32 Å². The van der Waals surface area contributed by atoms with Crippen LogP contribution in [0.5, 0.6) is 0 Å². The number of aliphatic hydroxyl groups is 2. The highest BCUT2D eigenvalue weighted by Crippen LogP contribution is 2.53. The molecule has 1 aromatic carbocycles. The summed E-state index contributed by atoms with van der Waals surface area (Å²) in [4.78, 5) is 58.5. The predicted molar refractivity (Wildman–Crippen MR) is 199 cm³/mol. The minimum Gasteiger partial charge on any atom is -0.457 e. The van der Waals surface area contributed by atoms with Gasteiger partial charge in [-0.2, -0.15) is 0 Å². The molecule has 2 unspecified atom stereocenters. The summed E-state index contributed by atoms with van der Waals surface area (Å²) in [5.41, 5.74) is 0.0918. The fourth-order valence-electron chi connectivity index (χ4n) is 7.33. The van der Waals surface area contributed by atoms with Crippen LogP contribution >= 0.6 is 35.1 Å². The number of benzene rings is 1. The summed E-state index contributed by atoms with van der Waals surface area (Å²) in [5.74, 6) is -2.48. The van der Waals surface area contributed by atoms with Gasteiger partial charge >= 0.3 is 18.1 Å². The Balaban J connectivity index is 1.32. The number of amides is 4. The van der Waals surface area contributed by atoms with Crippen LogP contribution in [0.3, 0.4) is 0 Å². The number of thioether (sulfide) groups is 2. The van der Waals surface area contributed by atoms with Crippen molar-refractivity contribution in [2.24, 2.45) is 11.8 Å². The van der Waals surface area contributed by atoms with E-state index in [0.717, 1.165) is 21.8 Å². The standard InChI is InChI=1S/C36H47ClN4O9S2/c1-18-9-8-10-23(16-42)36(47)15-25(48-33(45)38-36)20(3)29-35(5,50-29)26(14-27(43)40(7)24-13-22(11-18)12-19(2)28(24)37)49-32(44)21(4)39(6)34(46)41-30-31(41)52-17-51-30/h8-10,12-13,20-21,23,25-26,29-31,42,47H,11,14-17H2,1-7H3,(H,38,45)/b10-8+,18-9+/t20-,21+,23-,25?,26-,29-,30+,31?,35-,36+,41?/m1/s1. The number of hydrogen-bond acceptors (Lipinski definition) is 11. The fourth-order valence-corrected chi connectivity index (χ4v) is 10.8. The molecular weight excluding hydrogens is 732 g/mol. The number of epoxide rings is 1. The summed E-state index contributed by atoms with van der Waals surface area (Å²) in [7, 11) is 3.17. The van der Waals surface area contributed by atoms with Crippen LogP contribution < -0.4 is 10.2 Å². The van der Waals surface area contributed by atoms with Gasteiger partial charge < -0.3 is 34.2 Å². The number of alkyl carbamates (subject to hydrolysis) is 1. The molecule has 0 aromatic heterocycles. The van der Waals surface area contributed by atoms with E-state index in [4.69, 9.17) is 25.8 Å². The first-order chi connectivity index (χ1) is 24.5. The number of carbonyl (C=O) groups is 4. The molecule has 5 aliphatic rings. The summed E-state index contributed by atoms with van der Waals surface area (Å²) in [6.45, 7) is 8.46. The molecule has 13 nitrogen and oxygen atoms in total. The lowest BCUT2D eigenvalue weighted by molar-refractivity contribution is -0.158. The van der Waals surface area contributed by atoms with Crippen molar-refractivity contribution in [3.63, 3.8) is 0 Å². The number of halogens is 1. The minimum atomic E-state index is -1.83. The van der Waals surface area contributed by atoms with Gasteiger partial charge in [0.05, 0.1) is 29.8 Å². The molecule has 284 valence electrons. The largest absolute Gasteiger partial charge is 0.457 e. The van der Waals surface area contributed by atoms with Gasteiger partial charge in [-0.1, -0.05) is 48.4 Å². The molecule has 1 aromatic rings. The first-order valence-corrected chi connectivity index (χ1v) is 19.8. The Morgan fingerprint density at radius 2 is 1.92 bits per heavy atom. The van der Waals surface area contributed by atoms with Gasteiger partial charge in [-0.15, -0.1) is 23.5 Å². The molecule has 0 spiro atoms. The number of aryl methyl sites for hydroxylation is 1. The van der Waals surface area contributed by atoms with Gasteiger partial charge in [0.25, 0.3) is 0 Å². The maximum absolute atomic E-state index is 14.1. The maximum Gasteiger partial charge on any atom is 0.409 e. The van der Waals surface area contributed by atoms with Gasteiger partial charge in [0.1, 0.15) is 34.6 Å². The van der Waals surface area contributed by atoms with Gasteiger partial charge in [-0.3, -0.25) is 15.0 Å². The number of likely N-dealkylation sites (N-methyl/N-ethyl adjacent to an activating group) is 1. The van der Waals surface area contributed by atoms with E-state index < -0.39 is 66.2 Å². The van der Waals surface area contributed by atoms with E-state index in [9.17, 15) is 29.4 Å². The fraction of sp³-hybridized carbons (Fsp3) is 0.611. The van der Waals surface area contributed by atoms with Crippen LogP contribution in [-0.2, 0) is 30.2 Å². The van der Waals surface area contributed by atoms with E-state index in [1.807, 2.05) is 32.1 Å². The lowest BCUT2D eigenvalue weighted by atomic mass is 9.81. The second kappa shape index (κ2) is 14.7. The van der Waals surface area contributed by atoms with E-state index in [1.165, 1.54) is 9.80 Å². The predicted octanol–water partition coefficient (Wildman–Crippen LogP) is 4.41. The monoisotopic (exact) mass is 778 g/mol. The SMILES string of the molecule is C/C1=C\C=C\[C@H](CO)[C@@]2(O)CC(OC(=O)N2)[C@@H](C)[C@H]2O[C@]2(C)[C@H](OC(=O)[C@H](C)N(C)C(=O)N2C3SCS[C@@H]32)CC(=O)N(C)c2cc(cc(C)c2Cl)C1. The Bertz CT molecular complexity index is 1690. The third-order valence-electron chi connectivity index (χ3n) is 11.0. The number of carbonyl (C=O) groups excluding carboxylic acids is 4. The lowest BCUT2D eigenvalue weighted by Gasteiger charge is -2.42. The molecule has 4 bridgehead atoms. The normalized spacial score (nSPS) is 36.7. The highest BCUT2D eigenvalue weighted by atomic mass is 35.5. The topological polar surface area (TPSA) is 161 Å². The van der Waals surface area contributed by atoms with Crippen LogP contribution in [0.4, 0.5) is 15.3 Å². The number of aliphatic hydroxyl groups excluding tert-OH is 1. The number of anilines is 1. The van der Waals surface area contributed by atoms with E-state index in [-0.39, 0.29) is 35.5 Å². The van der Waals surface area contributed by atoms with Crippen molar-refractivity contribution in [1.82, 2.24) is 15.1 Å². The van der Waals surface area contributed by atoms with Crippen molar-refractivity contribution >= 4 is 64.8 Å². The molecule has 5 aliphatic heterocycles. The van der Waals surface area contributed by atoms with Crippen LogP contribution in [-0.4, -0.2) is 116 Å². The number of nitrogens with one attached hydrogen (secondary N) is 1. The first kappa shape index (κ1) is 38.8. The average Bonchev–Trinajstić information content (AvgIpc) is 3.92. The molecule has 0 aliphatic carbocycles. The molecule has 0 radical (unpaired) electrons. The highest BCUT2D eigenvalue weighted by molar-refractivity contribution is 8.20. The Hall–Kier alpha value is -2.95. The quantitative estimate of drug-likeness (QED) is 0.294. The maximum atomic E-state index is 14.1. The smallest absolute Gasteiger partial charge is 0.409 e. The molecule has 0 saturated carbocycles. The zero-order valence-corrected chi connectivity index (χ0v) is 32.7. The van der Waals surface area contributed by atoms with Gasteiger partial charge in [0.2, 0.25) is 5.91 Å². The summed E-state index contributed by atoms with van der Waals surface area (Å²) in [5, 5.41) is 26.0. The Morgan fingerprint density at radius 3 is 2.60 bits per heavy atom. The first-order valence-electron chi connectivity index (χ1n) is 17.4. The number of ether oxygens (including phenoxy) is 3. The van der Waals surface area contributed by atoms with Crippen LogP contribution in [0.15, 0.2) is 35.9 Å². The van der Waals surface area contributed by atoms with Gasteiger partial charge in [0.15, 0.2) is 5.72 Å². The Morgan fingerprint density at radius 1 is 1.23 bits per heavy atom. The molecule has 4 saturated heterocycles. The van der Waals surface area contributed by atoms with E-state index >= 15 is 0 Å². The number of rotatable bonds is 4. The number of allylic oxidation sites excluding steroid dienone is 3. The van der Waals surface area contributed by atoms with Crippen molar-refractivity contribution < 1.29 is 43.6 Å². The Kier molecular flexibility index (Phi) is 11.0. The van der Waals surface area contributed by atoms with Crippen molar-refractivity contribution in [1.29, 1.82) is 0 Å². The number of nitrogens with zero attached hydrogens (tertiary/aromatic N) is 3. The second-order valence-electron chi connectivity index (χ2n) is 14.7. The van der Waals surface area contributed by atoms with Crippen LogP contribution in [0.2, 0.25) is 5.02 Å². The van der Waals surface area contributed by atoms with E-state index in [1.54, 1.807) is 75.4 Å². The molecule has 4 fully saturated rings. The number of urea groups is 1. The molecule has 4 amide bonds. The summed E-state index contributed by atoms with van der Waals surface area (Å²) < 4.78 is 18.0. The van der Waals surface area contributed by atoms with Crippen molar-refractivity contribution in [3.8, 4) is 0 Å².